The monoisotopic (exact) mass is 324 g/mol. The molecule has 0 fully saturated rings. The van der Waals surface area contributed by atoms with Gasteiger partial charge in [-0.1, -0.05) is 46.3 Å². The number of nitrogens with zero attached hydrogens (tertiary/aromatic N) is 1. The van der Waals surface area contributed by atoms with Gasteiger partial charge in [-0.2, -0.15) is 0 Å². The van der Waals surface area contributed by atoms with Gasteiger partial charge in [0, 0.05) is 10.9 Å². The molecule has 0 bridgehead atoms. The Kier molecular flexibility index (Phi) is 3.82. The summed E-state index contributed by atoms with van der Waals surface area (Å²) in [6, 6.07) is 9.89. The first-order valence-corrected chi connectivity index (χ1v) is 7.15. The van der Waals surface area contributed by atoms with Crippen LogP contribution in [0.5, 0.6) is 0 Å². The molecule has 0 aliphatic rings. The van der Waals surface area contributed by atoms with Gasteiger partial charge < -0.3 is 5.32 Å². The summed E-state index contributed by atoms with van der Waals surface area (Å²) in [5, 5.41) is 5.35. The molecule has 18 heavy (non-hydrogen) atoms. The van der Waals surface area contributed by atoms with Crippen LogP contribution in [0.1, 0.15) is 13.8 Å². The summed E-state index contributed by atoms with van der Waals surface area (Å²) in [6.07, 6.45) is 0. The molecule has 0 aliphatic carbocycles. The first-order chi connectivity index (χ1) is 8.47. The summed E-state index contributed by atoms with van der Waals surface area (Å²) in [5.74, 6) is -0.100. The number of hydrogen-bond donors (Lipinski definition) is 1. The van der Waals surface area contributed by atoms with E-state index in [4.69, 9.17) is 0 Å². The lowest BCUT2D eigenvalue weighted by Crippen LogP contribution is -2.30. The van der Waals surface area contributed by atoms with Crippen molar-refractivity contribution in [3.8, 4) is 11.3 Å². The van der Waals surface area contributed by atoms with Crippen LogP contribution in [-0.2, 0) is 4.79 Å². The smallest absolute Gasteiger partial charge is 0.242 e. The van der Waals surface area contributed by atoms with Crippen LogP contribution < -0.4 is 5.32 Å². The highest BCUT2D eigenvalue weighted by atomic mass is 79.9. The highest BCUT2D eigenvalue weighted by Gasteiger charge is 2.24. The molecule has 1 aromatic carbocycles. The van der Waals surface area contributed by atoms with E-state index < -0.39 is 4.32 Å². The summed E-state index contributed by atoms with van der Waals surface area (Å²) in [5.41, 5.74) is 1.93. The van der Waals surface area contributed by atoms with Crippen molar-refractivity contribution in [2.75, 3.05) is 5.32 Å². The van der Waals surface area contributed by atoms with E-state index in [0.717, 1.165) is 11.3 Å². The van der Waals surface area contributed by atoms with E-state index in [1.165, 1.54) is 11.3 Å². The van der Waals surface area contributed by atoms with Crippen molar-refractivity contribution in [3.05, 3.63) is 35.7 Å². The third-order valence-corrected chi connectivity index (χ3v) is 3.45. The lowest BCUT2D eigenvalue weighted by Gasteiger charge is -2.13. The summed E-state index contributed by atoms with van der Waals surface area (Å²) in [4.78, 5) is 16.2. The fourth-order valence-corrected chi connectivity index (χ4v) is 2.13. The molecule has 0 unspecified atom stereocenters. The molecule has 0 saturated carbocycles. The Hall–Kier alpha value is -1.20. The molecule has 1 heterocycles. The lowest BCUT2D eigenvalue weighted by molar-refractivity contribution is -0.117. The number of hydrogen-bond acceptors (Lipinski definition) is 3. The second-order valence-electron chi connectivity index (χ2n) is 4.33. The van der Waals surface area contributed by atoms with Gasteiger partial charge in [0.15, 0.2) is 5.13 Å². The van der Waals surface area contributed by atoms with E-state index in [2.05, 4.69) is 26.2 Å². The SMILES string of the molecule is CC(C)(Br)C(=O)Nc1nc(-c2ccccc2)cs1. The van der Waals surface area contributed by atoms with Crippen molar-refractivity contribution in [2.45, 2.75) is 18.2 Å². The highest BCUT2D eigenvalue weighted by molar-refractivity contribution is 9.10. The molecule has 0 aliphatic heterocycles. The number of rotatable bonds is 3. The molecule has 1 aromatic heterocycles. The maximum Gasteiger partial charge on any atom is 0.242 e. The average Bonchev–Trinajstić information content (AvgIpc) is 2.77. The van der Waals surface area contributed by atoms with Gasteiger partial charge in [-0.15, -0.1) is 11.3 Å². The van der Waals surface area contributed by atoms with Crippen LogP contribution in [0.15, 0.2) is 35.7 Å². The number of amides is 1. The van der Waals surface area contributed by atoms with E-state index in [1.54, 1.807) is 13.8 Å². The van der Waals surface area contributed by atoms with Crippen LogP contribution in [-0.4, -0.2) is 15.2 Å². The minimum Gasteiger partial charge on any atom is -0.301 e. The van der Waals surface area contributed by atoms with Gasteiger partial charge in [0.05, 0.1) is 10.0 Å². The Labute approximate surface area is 118 Å². The third kappa shape index (κ3) is 3.17. The van der Waals surface area contributed by atoms with Crippen LogP contribution in [0.3, 0.4) is 0 Å². The molecule has 3 nitrogen and oxygen atoms in total. The number of halogens is 1. The molecule has 2 rings (SSSR count). The molecule has 2 aromatic rings. The highest BCUT2D eigenvalue weighted by Crippen LogP contribution is 2.26. The Morgan fingerprint density at radius 2 is 2.00 bits per heavy atom. The molecule has 5 heteroatoms. The minimum absolute atomic E-state index is 0.100. The van der Waals surface area contributed by atoms with Gasteiger partial charge in [-0.25, -0.2) is 4.98 Å². The van der Waals surface area contributed by atoms with Crippen molar-refractivity contribution in [1.29, 1.82) is 0 Å². The van der Waals surface area contributed by atoms with Gasteiger partial charge in [0.2, 0.25) is 5.91 Å². The van der Waals surface area contributed by atoms with Crippen molar-refractivity contribution in [2.24, 2.45) is 0 Å². The molecular weight excluding hydrogens is 312 g/mol. The topological polar surface area (TPSA) is 42.0 Å². The number of carbonyl (C=O) groups is 1. The van der Waals surface area contributed by atoms with Crippen molar-refractivity contribution < 1.29 is 4.79 Å². The predicted molar refractivity (Wildman–Crippen MR) is 79.2 cm³/mol. The summed E-state index contributed by atoms with van der Waals surface area (Å²) < 4.78 is -0.592. The van der Waals surface area contributed by atoms with Crippen LogP contribution in [0.25, 0.3) is 11.3 Å². The number of aromatic nitrogens is 1. The maximum absolute atomic E-state index is 11.8. The molecule has 0 atom stereocenters. The number of benzene rings is 1. The number of thiazole rings is 1. The van der Waals surface area contributed by atoms with Crippen LogP contribution in [0.2, 0.25) is 0 Å². The molecule has 0 spiro atoms. The van der Waals surface area contributed by atoms with Crippen molar-refractivity contribution >= 4 is 38.3 Å². The Morgan fingerprint density at radius 3 is 2.61 bits per heavy atom. The number of carbonyl (C=O) groups excluding carboxylic acids is 1. The molecule has 0 saturated heterocycles. The fraction of sp³-hybridized carbons (Fsp3) is 0.231. The number of anilines is 1. The minimum atomic E-state index is -0.592. The van der Waals surface area contributed by atoms with E-state index in [0.29, 0.717) is 5.13 Å². The average molecular weight is 325 g/mol. The second-order valence-corrected chi connectivity index (χ2v) is 7.17. The summed E-state index contributed by atoms with van der Waals surface area (Å²) in [6.45, 7) is 3.60. The van der Waals surface area contributed by atoms with Gasteiger partial charge >= 0.3 is 0 Å². The second kappa shape index (κ2) is 5.20. The zero-order chi connectivity index (χ0) is 13.2. The number of nitrogens with one attached hydrogen (secondary N) is 1. The fourth-order valence-electron chi connectivity index (χ4n) is 1.32. The van der Waals surface area contributed by atoms with E-state index in [9.17, 15) is 4.79 Å². The molecule has 1 amide bonds. The van der Waals surface area contributed by atoms with E-state index in [-0.39, 0.29) is 5.91 Å². The van der Waals surface area contributed by atoms with Gasteiger partial charge in [-0.05, 0) is 13.8 Å². The largest absolute Gasteiger partial charge is 0.301 e. The number of alkyl halides is 1. The first-order valence-electron chi connectivity index (χ1n) is 5.48. The third-order valence-electron chi connectivity index (χ3n) is 2.33. The van der Waals surface area contributed by atoms with E-state index >= 15 is 0 Å². The zero-order valence-electron chi connectivity index (χ0n) is 10.1. The van der Waals surface area contributed by atoms with Gasteiger partial charge in [-0.3, -0.25) is 4.79 Å². The summed E-state index contributed by atoms with van der Waals surface area (Å²) >= 11 is 4.74. The van der Waals surface area contributed by atoms with Gasteiger partial charge in [0.25, 0.3) is 0 Å². The Balaban J connectivity index is 2.15. The van der Waals surface area contributed by atoms with Crippen LogP contribution in [0.4, 0.5) is 5.13 Å². The van der Waals surface area contributed by atoms with Crippen LogP contribution >= 0.6 is 27.3 Å². The van der Waals surface area contributed by atoms with Crippen molar-refractivity contribution in [1.82, 2.24) is 4.98 Å². The van der Waals surface area contributed by atoms with E-state index in [1.807, 2.05) is 35.7 Å². The first kappa shape index (κ1) is 13.2. The van der Waals surface area contributed by atoms with Crippen molar-refractivity contribution in [3.63, 3.8) is 0 Å². The maximum atomic E-state index is 11.8. The normalized spacial score (nSPS) is 11.3. The molecule has 1 N–H and O–H groups in total. The molecular formula is C13H13BrN2OS. The summed E-state index contributed by atoms with van der Waals surface area (Å²) in [7, 11) is 0. The Bertz CT molecular complexity index is 546. The predicted octanol–water partition coefficient (Wildman–Crippen LogP) is 3.92. The Morgan fingerprint density at radius 1 is 1.33 bits per heavy atom. The van der Waals surface area contributed by atoms with Gasteiger partial charge in [0.1, 0.15) is 0 Å². The lowest BCUT2D eigenvalue weighted by atomic mass is 10.2. The quantitative estimate of drug-likeness (QED) is 0.869. The standard InChI is InChI=1S/C13H13BrN2OS/c1-13(2,14)11(17)16-12-15-10(8-18-12)9-6-4-3-5-7-9/h3-8H,1-2H3,(H,15,16,17). The molecule has 0 radical (unpaired) electrons. The zero-order valence-corrected chi connectivity index (χ0v) is 12.5. The molecule has 94 valence electrons. The van der Waals surface area contributed by atoms with Crippen LogP contribution in [0, 0.1) is 0 Å².